The first-order valence-corrected chi connectivity index (χ1v) is 7.91. The van der Waals surface area contributed by atoms with Crippen LogP contribution in [0.5, 0.6) is 0 Å². The molecular formula is C19H22N2O2. The van der Waals surface area contributed by atoms with Crippen LogP contribution in [-0.2, 0) is 15.1 Å². The maximum Gasteiger partial charge on any atom is 0.244 e. The Labute approximate surface area is 136 Å². The highest BCUT2D eigenvalue weighted by Gasteiger charge is 2.36. The monoisotopic (exact) mass is 310 g/mol. The van der Waals surface area contributed by atoms with Crippen LogP contribution in [0, 0.1) is 0 Å². The zero-order valence-electron chi connectivity index (χ0n) is 13.2. The quantitative estimate of drug-likeness (QED) is 0.912. The van der Waals surface area contributed by atoms with E-state index in [1.165, 1.54) is 0 Å². The number of hydrogen-bond acceptors (Lipinski definition) is 3. The summed E-state index contributed by atoms with van der Waals surface area (Å²) in [6.07, 6.45) is 0.669. The summed E-state index contributed by atoms with van der Waals surface area (Å²) in [5, 5.41) is 3.08. The molecule has 1 aliphatic rings. The van der Waals surface area contributed by atoms with Gasteiger partial charge >= 0.3 is 0 Å². The second-order valence-electron chi connectivity index (χ2n) is 6.14. The van der Waals surface area contributed by atoms with Crippen LogP contribution in [0.3, 0.4) is 0 Å². The Kier molecular flexibility index (Phi) is 4.46. The van der Waals surface area contributed by atoms with Crippen molar-refractivity contribution in [3.8, 4) is 0 Å². The predicted molar refractivity (Wildman–Crippen MR) is 89.7 cm³/mol. The van der Waals surface area contributed by atoms with Crippen LogP contribution in [0.25, 0.3) is 0 Å². The van der Waals surface area contributed by atoms with Gasteiger partial charge in [-0.1, -0.05) is 60.7 Å². The number of benzene rings is 2. The molecule has 0 aliphatic carbocycles. The van der Waals surface area contributed by atoms with E-state index in [4.69, 9.17) is 10.5 Å². The summed E-state index contributed by atoms with van der Waals surface area (Å²) in [5.74, 6) is -0.180. The minimum absolute atomic E-state index is 0.0588. The number of nitrogens with two attached hydrogens (primary N) is 1. The Bertz CT molecular complexity index is 656. The fourth-order valence-corrected chi connectivity index (χ4v) is 2.94. The molecule has 3 rings (SSSR count). The first kappa shape index (κ1) is 15.7. The minimum atomic E-state index is -1.06. The van der Waals surface area contributed by atoms with Crippen LogP contribution >= 0.6 is 0 Å². The number of amides is 1. The lowest BCUT2D eigenvalue weighted by molar-refractivity contribution is -0.127. The zero-order chi connectivity index (χ0) is 16.3. The molecule has 1 saturated heterocycles. The third-order valence-electron chi connectivity index (χ3n) is 4.38. The van der Waals surface area contributed by atoms with E-state index in [1.54, 1.807) is 6.92 Å². The number of carbonyl (C=O) groups excluding carboxylic acids is 1. The molecule has 1 fully saturated rings. The number of ether oxygens (including phenoxy) is 1. The third-order valence-corrected chi connectivity index (χ3v) is 4.38. The highest BCUT2D eigenvalue weighted by atomic mass is 16.5. The summed E-state index contributed by atoms with van der Waals surface area (Å²) in [7, 11) is 0. The summed E-state index contributed by atoms with van der Waals surface area (Å²) < 4.78 is 5.82. The third kappa shape index (κ3) is 3.28. The van der Waals surface area contributed by atoms with Gasteiger partial charge in [-0.3, -0.25) is 4.79 Å². The predicted octanol–water partition coefficient (Wildman–Crippen LogP) is 2.51. The lowest BCUT2D eigenvalue weighted by Crippen LogP contribution is -2.52. The Balaban J connectivity index is 1.74. The lowest BCUT2D eigenvalue weighted by Gasteiger charge is -2.28. The average Bonchev–Trinajstić information content (AvgIpc) is 3.04. The fourth-order valence-electron chi connectivity index (χ4n) is 2.94. The van der Waals surface area contributed by atoms with Crippen LogP contribution in [-0.4, -0.2) is 18.6 Å². The van der Waals surface area contributed by atoms with Crippen LogP contribution < -0.4 is 11.1 Å². The van der Waals surface area contributed by atoms with Crippen molar-refractivity contribution in [1.29, 1.82) is 0 Å². The van der Waals surface area contributed by atoms with Crippen molar-refractivity contribution >= 4 is 5.91 Å². The number of nitrogens with one attached hydrogen (secondary N) is 1. The normalized spacial score (nSPS) is 23.2. The Morgan fingerprint density at radius 2 is 1.74 bits per heavy atom. The topological polar surface area (TPSA) is 64.4 Å². The molecule has 1 aliphatic heterocycles. The Morgan fingerprint density at radius 3 is 2.39 bits per heavy atom. The molecule has 0 spiro atoms. The van der Waals surface area contributed by atoms with Crippen molar-refractivity contribution in [3.63, 3.8) is 0 Å². The van der Waals surface area contributed by atoms with Gasteiger partial charge in [0, 0.05) is 6.61 Å². The van der Waals surface area contributed by atoms with Crippen LogP contribution in [0.15, 0.2) is 60.7 Å². The number of rotatable bonds is 4. The second kappa shape index (κ2) is 6.52. The fraction of sp³-hybridized carbons (Fsp3) is 0.316. The largest absolute Gasteiger partial charge is 0.371 e. The van der Waals surface area contributed by atoms with Crippen molar-refractivity contribution in [1.82, 2.24) is 5.32 Å². The molecule has 4 heteroatoms. The van der Waals surface area contributed by atoms with Gasteiger partial charge in [-0.05, 0) is 24.5 Å². The smallest absolute Gasteiger partial charge is 0.244 e. The molecule has 120 valence electrons. The summed E-state index contributed by atoms with van der Waals surface area (Å²) >= 11 is 0. The van der Waals surface area contributed by atoms with E-state index >= 15 is 0 Å². The highest BCUT2D eigenvalue weighted by Crippen LogP contribution is 2.30. The van der Waals surface area contributed by atoms with Crippen molar-refractivity contribution in [2.75, 3.05) is 6.61 Å². The lowest BCUT2D eigenvalue weighted by atomic mass is 9.91. The van der Waals surface area contributed by atoms with E-state index in [2.05, 4.69) is 5.32 Å². The molecule has 23 heavy (non-hydrogen) atoms. The van der Waals surface area contributed by atoms with Gasteiger partial charge in [0.05, 0.1) is 6.04 Å². The molecule has 0 radical (unpaired) electrons. The maximum absolute atomic E-state index is 12.7. The summed E-state index contributed by atoms with van der Waals surface area (Å²) in [6, 6.07) is 19.3. The van der Waals surface area contributed by atoms with Gasteiger partial charge in [-0.25, -0.2) is 0 Å². The Morgan fingerprint density at radius 1 is 1.13 bits per heavy atom. The van der Waals surface area contributed by atoms with Gasteiger partial charge in [0.15, 0.2) is 0 Å². The van der Waals surface area contributed by atoms with Gasteiger partial charge in [0.25, 0.3) is 0 Å². The number of carbonyl (C=O) groups is 1. The number of hydrogen-bond donors (Lipinski definition) is 2. The highest BCUT2D eigenvalue weighted by molar-refractivity contribution is 5.87. The maximum atomic E-state index is 12.7. The molecule has 0 saturated carbocycles. The molecule has 0 bridgehead atoms. The van der Waals surface area contributed by atoms with Crippen molar-refractivity contribution in [3.05, 3.63) is 71.8 Å². The van der Waals surface area contributed by atoms with Gasteiger partial charge in [-0.2, -0.15) is 0 Å². The molecule has 2 aromatic carbocycles. The van der Waals surface area contributed by atoms with Crippen molar-refractivity contribution < 1.29 is 9.53 Å². The van der Waals surface area contributed by atoms with Gasteiger partial charge < -0.3 is 15.8 Å². The van der Waals surface area contributed by atoms with Gasteiger partial charge in [-0.15, -0.1) is 0 Å². The second-order valence-corrected chi connectivity index (χ2v) is 6.14. The molecule has 1 amide bonds. The molecule has 3 N–H and O–H groups in total. The Hall–Kier alpha value is -2.17. The van der Waals surface area contributed by atoms with E-state index < -0.39 is 5.54 Å². The van der Waals surface area contributed by atoms with E-state index in [9.17, 15) is 4.79 Å². The van der Waals surface area contributed by atoms with E-state index in [1.807, 2.05) is 60.7 Å². The molecule has 3 unspecified atom stereocenters. The van der Waals surface area contributed by atoms with E-state index in [0.29, 0.717) is 6.61 Å². The zero-order valence-corrected chi connectivity index (χ0v) is 13.2. The standard InChI is InChI=1S/C19H22N2O2/c1-19(20,15-10-6-3-7-11-15)18(22)21-16-12-13-23-17(16)14-8-4-2-5-9-14/h2-11,16-17H,12-13,20H2,1H3,(H,21,22). The molecule has 1 heterocycles. The van der Waals surface area contributed by atoms with Gasteiger partial charge in [0.1, 0.15) is 11.6 Å². The summed E-state index contributed by atoms with van der Waals surface area (Å²) in [5.41, 5.74) is 7.10. The first-order chi connectivity index (χ1) is 11.1. The molecule has 0 aromatic heterocycles. The molecule has 4 nitrogen and oxygen atoms in total. The average molecular weight is 310 g/mol. The van der Waals surface area contributed by atoms with Gasteiger partial charge in [0.2, 0.25) is 5.91 Å². The summed E-state index contributed by atoms with van der Waals surface area (Å²) in [4.78, 5) is 12.7. The van der Waals surface area contributed by atoms with Crippen LogP contribution in [0.1, 0.15) is 30.6 Å². The van der Waals surface area contributed by atoms with Crippen molar-refractivity contribution in [2.24, 2.45) is 5.73 Å². The van der Waals surface area contributed by atoms with Crippen LogP contribution in [0.2, 0.25) is 0 Å². The first-order valence-electron chi connectivity index (χ1n) is 7.91. The van der Waals surface area contributed by atoms with Crippen LogP contribution in [0.4, 0.5) is 0 Å². The molecule has 2 aromatic rings. The minimum Gasteiger partial charge on any atom is -0.371 e. The molecular weight excluding hydrogens is 288 g/mol. The van der Waals surface area contributed by atoms with Crippen molar-refractivity contribution in [2.45, 2.75) is 31.0 Å². The molecule has 3 atom stereocenters. The van der Waals surface area contributed by atoms with E-state index in [-0.39, 0.29) is 18.1 Å². The summed E-state index contributed by atoms with van der Waals surface area (Å²) in [6.45, 7) is 2.38. The van der Waals surface area contributed by atoms with E-state index in [0.717, 1.165) is 17.5 Å². The SMILES string of the molecule is CC(N)(C(=O)NC1CCOC1c1ccccc1)c1ccccc1.